The van der Waals surface area contributed by atoms with Gasteiger partial charge in [-0.1, -0.05) is 237 Å². The van der Waals surface area contributed by atoms with Crippen molar-refractivity contribution in [2.24, 2.45) is 0 Å². The fourth-order valence-corrected chi connectivity index (χ4v) is 6.89. The summed E-state index contributed by atoms with van der Waals surface area (Å²) in [5.74, 6) is 0. The number of unbranched alkanes of at least 4 members (excludes halogenated alkanes) is 30. The Labute approximate surface area is 307 Å². The molecule has 0 unspecified atom stereocenters. The van der Waals surface area contributed by atoms with Gasteiger partial charge < -0.3 is 14.2 Å². The highest BCUT2D eigenvalue weighted by molar-refractivity contribution is 5.13. The van der Waals surface area contributed by atoms with Crippen molar-refractivity contribution in [3.8, 4) is 0 Å². The maximum absolute atomic E-state index is 6.28. The standard InChI is InChI=1S/C46H86O3/c1-3-5-7-9-11-13-15-17-19-21-23-25-27-29-31-36-40-47-43-46(44-48-42-45-38-34-33-35-39-45)49-41-37-32-30-28-26-24-22-20-18-16-14-12-10-8-6-4-2/h33-35,38-39,46H,3-32,36-37,40-44H2,1-2H3/t46-/m1/s1. The zero-order chi connectivity index (χ0) is 35.0. The van der Waals surface area contributed by atoms with E-state index in [1.807, 2.05) is 0 Å². The molecule has 0 saturated heterocycles. The lowest BCUT2D eigenvalue weighted by Crippen LogP contribution is -2.26. The van der Waals surface area contributed by atoms with Crippen LogP contribution in [0, 0.1) is 0 Å². The molecule has 1 rings (SSSR count). The van der Waals surface area contributed by atoms with Crippen molar-refractivity contribution in [2.75, 3.05) is 26.4 Å². The van der Waals surface area contributed by atoms with Gasteiger partial charge in [0.05, 0.1) is 19.8 Å². The monoisotopic (exact) mass is 687 g/mol. The second-order valence-corrected chi connectivity index (χ2v) is 15.2. The normalized spacial score (nSPS) is 12.2. The van der Waals surface area contributed by atoms with Crippen LogP contribution < -0.4 is 0 Å². The van der Waals surface area contributed by atoms with Crippen LogP contribution in [0.4, 0.5) is 0 Å². The molecule has 0 aromatic heterocycles. The molecule has 49 heavy (non-hydrogen) atoms. The Bertz CT molecular complexity index is 722. The molecule has 3 heteroatoms. The van der Waals surface area contributed by atoms with Crippen molar-refractivity contribution < 1.29 is 14.2 Å². The number of ether oxygens (including phenoxy) is 3. The maximum Gasteiger partial charge on any atom is 0.104 e. The van der Waals surface area contributed by atoms with Crippen LogP contribution in [-0.4, -0.2) is 32.5 Å². The van der Waals surface area contributed by atoms with E-state index in [-0.39, 0.29) is 6.10 Å². The van der Waals surface area contributed by atoms with Crippen LogP contribution in [0.3, 0.4) is 0 Å². The highest BCUT2D eigenvalue weighted by Gasteiger charge is 2.10. The first kappa shape index (κ1) is 46.1. The van der Waals surface area contributed by atoms with E-state index in [1.54, 1.807) is 0 Å². The van der Waals surface area contributed by atoms with Crippen molar-refractivity contribution in [3.05, 3.63) is 35.9 Å². The van der Waals surface area contributed by atoms with E-state index in [2.05, 4.69) is 44.2 Å². The van der Waals surface area contributed by atoms with Gasteiger partial charge in [-0.3, -0.25) is 0 Å². The summed E-state index contributed by atoms with van der Waals surface area (Å²) in [5, 5.41) is 0. The van der Waals surface area contributed by atoms with Crippen molar-refractivity contribution in [2.45, 2.75) is 232 Å². The summed E-state index contributed by atoms with van der Waals surface area (Å²) < 4.78 is 18.4. The Kier molecular flexibility index (Phi) is 37.5. The number of rotatable bonds is 41. The molecule has 0 aliphatic heterocycles. The zero-order valence-corrected chi connectivity index (χ0v) is 33.4. The van der Waals surface area contributed by atoms with E-state index >= 15 is 0 Å². The Morgan fingerprint density at radius 3 is 1.08 bits per heavy atom. The van der Waals surface area contributed by atoms with Crippen LogP contribution >= 0.6 is 0 Å². The van der Waals surface area contributed by atoms with Gasteiger partial charge in [0.1, 0.15) is 6.10 Å². The topological polar surface area (TPSA) is 27.7 Å². The van der Waals surface area contributed by atoms with Gasteiger partial charge in [0, 0.05) is 13.2 Å². The highest BCUT2D eigenvalue weighted by Crippen LogP contribution is 2.16. The van der Waals surface area contributed by atoms with Gasteiger partial charge in [-0.15, -0.1) is 0 Å². The molecule has 1 aromatic carbocycles. The molecule has 0 heterocycles. The summed E-state index contributed by atoms with van der Waals surface area (Å²) in [6, 6.07) is 10.5. The Balaban J connectivity index is 2.00. The fourth-order valence-electron chi connectivity index (χ4n) is 6.89. The largest absolute Gasteiger partial charge is 0.379 e. The minimum Gasteiger partial charge on any atom is -0.379 e. The van der Waals surface area contributed by atoms with Gasteiger partial charge in [-0.25, -0.2) is 0 Å². The van der Waals surface area contributed by atoms with E-state index in [1.165, 1.54) is 198 Å². The first-order valence-corrected chi connectivity index (χ1v) is 22.2. The van der Waals surface area contributed by atoms with E-state index < -0.39 is 0 Å². The van der Waals surface area contributed by atoms with E-state index in [0.717, 1.165) is 26.1 Å². The predicted molar refractivity (Wildman–Crippen MR) is 216 cm³/mol. The third-order valence-corrected chi connectivity index (χ3v) is 10.2. The van der Waals surface area contributed by atoms with Crippen LogP contribution in [0.1, 0.15) is 225 Å². The number of hydrogen-bond donors (Lipinski definition) is 0. The first-order valence-electron chi connectivity index (χ1n) is 22.2. The number of hydrogen-bond acceptors (Lipinski definition) is 3. The summed E-state index contributed by atoms with van der Waals surface area (Å²) in [6.45, 7) is 8.15. The Hall–Kier alpha value is -0.900. The quantitative estimate of drug-likeness (QED) is 0.0642. The van der Waals surface area contributed by atoms with Crippen LogP contribution in [0.25, 0.3) is 0 Å². The molecule has 0 saturated carbocycles. The first-order chi connectivity index (χ1) is 24.4. The average Bonchev–Trinajstić information content (AvgIpc) is 3.12. The van der Waals surface area contributed by atoms with E-state index in [9.17, 15) is 0 Å². The van der Waals surface area contributed by atoms with Gasteiger partial charge in [0.15, 0.2) is 0 Å². The second kappa shape index (κ2) is 39.9. The third kappa shape index (κ3) is 35.3. The molecule has 288 valence electrons. The zero-order valence-electron chi connectivity index (χ0n) is 33.4. The van der Waals surface area contributed by atoms with Crippen LogP contribution in [0.2, 0.25) is 0 Å². The van der Waals surface area contributed by atoms with Crippen molar-refractivity contribution in [1.82, 2.24) is 0 Å². The molecule has 0 amide bonds. The second-order valence-electron chi connectivity index (χ2n) is 15.2. The highest BCUT2D eigenvalue weighted by atomic mass is 16.6. The van der Waals surface area contributed by atoms with Crippen LogP contribution in [0.5, 0.6) is 0 Å². The molecular formula is C46H86O3. The summed E-state index contributed by atoms with van der Waals surface area (Å²) in [5.41, 5.74) is 1.22. The Morgan fingerprint density at radius 2 is 0.694 bits per heavy atom. The Morgan fingerprint density at radius 1 is 0.367 bits per heavy atom. The summed E-state index contributed by atoms with van der Waals surface area (Å²) in [4.78, 5) is 0. The van der Waals surface area contributed by atoms with Gasteiger partial charge in [0.2, 0.25) is 0 Å². The van der Waals surface area contributed by atoms with Crippen LogP contribution in [0.15, 0.2) is 30.3 Å². The lowest BCUT2D eigenvalue weighted by molar-refractivity contribution is -0.0645. The minimum atomic E-state index is 0.0288. The van der Waals surface area contributed by atoms with Crippen LogP contribution in [-0.2, 0) is 20.8 Å². The van der Waals surface area contributed by atoms with E-state index in [0.29, 0.717) is 19.8 Å². The lowest BCUT2D eigenvalue weighted by Gasteiger charge is -2.18. The molecule has 0 N–H and O–H groups in total. The molecular weight excluding hydrogens is 601 g/mol. The van der Waals surface area contributed by atoms with Crippen molar-refractivity contribution in [3.63, 3.8) is 0 Å². The number of benzene rings is 1. The van der Waals surface area contributed by atoms with Gasteiger partial charge in [0.25, 0.3) is 0 Å². The van der Waals surface area contributed by atoms with Gasteiger partial charge in [-0.05, 0) is 18.4 Å². The summed E-state index contributed by atoms with van der Waals surface area (Å²) >= 11 is 0. The molecule has 1 aromatic rings. The van der Waals surface area contributed by atoms with Crippen molar-refractivity contribution in [1.29, 1.82) is 0 Å². The summed E-state index contributed by atoms with van der Waals surface area (Å²) in [6.07, 6.45) is 44.8. The van der Waals surface area contributed by atoms with E-state index in [4.69, 9.17) is 14.2 Å². The van der Waals surface area contributed by atoms with Crippen molar-refractivity contribution >= 4 is 0 Å². The SMILES string of the molecule is CCCCCCCCCCCCCCCCCCOC[C@H](COCc1ccccc1)OCCCCCCCCCCCCCCCCCC. The lowest BCUT2D eigenvalue weighted by atomic mass is 10.0. The maximum atomic E-state index is 6.28. The molecule has 0 bridgehead atoms. The summed E-state index contributed by atoms with van der Waals surface area (Å²) in [7, 11) is 0. The molecule has 0 aliphatic carbocycles. The molecule has 0 radical (unpaired) electrons. The smallest absolute Gasteiger partial charge is 0.104 e. The molecule has 3 nitrogen and oxygen atoms in total. The predicted octanol–water partition coefficient (Wildman–Crippen LogP) is 15.1. The average molecular weight is 687 g/mol. The van der Waals surface area contributed by atoms with Gasteiger partial charge >= 0.3 is 0 Å². The molecule has 0 spiro atoms. The fraction of sp³-hybridized carbons (Fsp3) is 0.870. The molecule has 0 fully saturated rings. The molecule has 1 atom stereocenters. The minimum absolute atomic E-state index is 0.0288. The third-order valence-electron chi connectivity index (χ3n) is 10.2. The van der Waals surface area contributed by atoms with Gasteiger partial charge in [-0.2, -0.15) is 0 Å². The molecule has 0 aliphatic rings.